The van der Waals surface area contributed by atoms with Crippen LogP contribution in [0.2, 0.25) is 0 Å². The first-order valence-corrected chi connectivity index (χ1v) is 5.31. The lowest BCUT2D eigenvalue weighted by atomic mass is 10.1. The summed E-state index contributed by atoms with van der Waals surface area (Å²) in [5.74, 6) is -0.441. The predicted molar refractivity (Wildman–Crippen MR) is 61.2 cm³/mol. The van der Waals surface area contributed by atoms with E-state index in [9.17, 15) is 14.3 Å². The van der Waals surface area contributed by atoms with E-state index in [4.69, 9.17) is 4.74 Å². The number of carbonyl (C=O) groups is 1. The number of amides is 1. The highest BCUT2D eigenvalue weighted by Gasteiger charge is 2.17. The van der Waals surface area contributed by atoms with Gasteiger partial charge in [-0.1, -0.05) is 0 Å². The zero-order chi connectivity index (χ0) is 13.0. The molecule has 0 fully saturated rings. The maximum Gasteiger partial charge on any atom is 0.260 e. The number of likely N-dealkylation sites (N-methyl/N-ethyl adjacent to an activating group) is 1. The molecule has 0 bridgehead atoms. The number of carbonyl (C=O) groups excluding carboxylic acids is 1. The van der Waals surface area contributed by atoms with Gasteiger partial charge in [0.05, 0.1) is 6.10 Å². The Bertz CT molecular complexity index is 407. The molecule has 0 saturated heterocycles. The Morgan fingerprint density at radius 3 is 2.65 bits per heavy atom. The van der Waals surface area contributed by atoms with E-state index >= 15 is 0 Å². The van der Waals surface area contributed by atoms with Crippen molar-refractivity contribution in [1.29, 1.82) is 0 Å². The molecule has 2 atom stereocenters. The average Bonchev–Trinajstić information content (AvgIpc) is 2.29. The smallest absolute Gasteiger partial charge is 0.260 e. The maximum absolute atomic E-state index is 13.0. The van der Waals surface area contributed by atoms with Crippen molar-refractivity contribution in [2.24, 2.45) is 0 Å². The number of hydrogen-bond donors (Lipinski definition) is 2. The van der Waals surface area contributed by atoms with E-state index in [1.54, 1.807) is 6.92 Å². The molecule has 1 aromatic carbocycles. The summed E-state index contributed by atoms with van der Waals surface area (Å²) in [4.78, 5) is 11.3. The van der Waals surface area contributed by atoms with Crippen molar-refractivity contribution in [2.45, 2.75) is 26.1 Å². The Kier molecular flexibility index (Phi) is 4.45. The second-order valence-corrected chi connectivity index (χ2v) is 3.73. The van der Waals surface area contributed by atoms with Crippen LogP contribution >= 0.6 is 0 Å². The van der Waals surface area contributed by atoms with Gasteiger partial charge in [-0.05, 0) is 32.0 Å². The molecule has 0 aliphatic carbocycles. The molecular formula is C12H16FNO3. The van der Waals surface area contributed by atoms with E-state index in [-0.39, 0.29) is 5.91 Å². The molecule has 1 aromatic rings. The minimum Gasteiger partial charge on any atom is -0.481 e. The van der Waals surface area contributed by atoms with Crippen molar-refractivity contribution in [3.05, 3.63) is 29.6 Å². The van der Waals surface area contributed by atoms with Crippen molar-refractivity contribution in [3.63, 3.8) is 0 Å². The van der Waals surface area contributed by atoms with E-state index in [1.165, 1.54) is 32.2 Å². The number of aliphatic hydroxyl groups is 1. The first-order valence-electron chi connectivity index (χ1n) is 5.31. The number of aliphatic hydroxyl groups excluding tert-OH is 1. The summed E-state index contributed by atoms with van der Waals surface area (Å²) in [6.07, 6.45) is -1.57. The molecule has 0 aliphatic heterocycles. The van der Waals surface area contributed by atoms with Crippen LogP contribution < -0.4 is 10.1 Å². The van der Waals surface area contributed by atoms with Crippen LogP contribution in [0.15, 0.2) is 18.2 Å². The van der Waals surface area contributed by atoms with Gasteiger partial charge in [-0.2, -0.15) is 0 Å². The van der Waals surface area contributed by atoms with Gasteiger partial charge in [-0.3, -0.25) is 4.79 Å². The standard InChI is InChI=1S/C12H16FNO3/c1-7(15)10-6-9(13)4-5-11(10)17-8(2)12(16)14-3/h4-8,15H,1-3H3,(H,14,16)/t7-,8?/m0/s1. The van der Waals surface area contributed by atoms with E-state index in [2.05, 4.69) is 5.32 Å². The number of ether oxygens (including phenoxy) is 1. The highest BCUT2D eigenvalue weighted by molar-refractivity contribution is 5.80. The monoisotopic (exact) mass is 241 g/mol. The summed E-state index contributed by atoms with van der Waals surface area (Å²) in [5, 5.41) is 11.9. The lowest BCUT2D eigenvalue weighted by Crippen LogP contribution is -2.34. The zero-order valence-electron chi connectivity index (χ0n) is 10.0. The highest BCUT2D eigenvalue weighted by Crippen LogP contribution is 2.26. The highest BCUT2D eigenvalue weighted by atomic mass is 19.1. The van der Waals surface area contributed by atoms with Crippen molar-refractivity contribution in [2.75, 3.05) is 7.05 Å². The normalized spacial score (nSPS) is 13.9. The predicted octanol–water partition coefficient (Wildman–Crippen LogP) is 1.39. The van der Waals surface area contributed by atoms with Crippen LogP contribution in [0, 0.1) is 5.82 Å². The van der Waals surface area contributed by atoms with Gasteiger partial charge in [-0.25, -0.2) is 4.39 Å². The van der Waals surface area contributed by atoms with Crippen LogP contribution in [0.5, 0.6) is 5.75 Å². The molecule has 17 heavy (non-hydrogen) atoms. The number of hydrogen-bond acceptors (Lipinski definition) is 3. The number of rotatable bonds is 4. The zero-order valence-corrected chi connectivity index (χ0v) is 10.0. The van der Waals surface area contributed by atoms with Crippen LogP contribution in [-0.4, -0.2) is 24.2 Å². The van der Waals surface area contributed by atoms with Gasteiger partial charge in [0, 0.05) is 12.6 Å². The summed E-state index contributed by atoms with van der Waals surface area (Å²) in [6.45, 7) is 3.08. The SMILES string of the molecule is CNC(=O)C(C)Oc1ccc(F)cc1[C@H](C)O. The molecule has 4 nitrogen and oxygen atoms in total. The van der Waals surface area contributed by atoms with Crippen molar-refractivity contribution in [1.82, 2.24) is 5.32 Å². The molecule has 1 unspecified atom stereocenters. The van der Waals surface area contributed by atoms with Crippen molar-refractivity contribution < 1.29 is 19.0 Å². The molecule has 0 saturated carbocycles. The van der Waals surface area contributed by atoms with E-state index in [1.807, 2.05) is 0 Å². The van der Waals surface area contributed by atoms with Crippen LogP contribution in [0.4, 0.5) is 4.39 Å². The fourth-order valence-corrected chi connectivity index (χ4v) is 1.40. The summed E-state index contributed by atoms with van der Waals surface area (Å²) >= 11 is 0. The maximum atomic E-state index is 13.0. The topological polar surface area (TPSA) is 58.6 Å². The molecule has 0 spiro atoms. The first-order chi connectivity index (χ1) is 7.95. The molecular weight excluding hydrogens is 225 g/mol. The quantitative estimate of drug-likeness (QED) is 0.837. The van der Waals surface area contributed by atoms with E-state index in [0.29, 0.717) is 11.3 Å². The molecule has 0 heterocycles. The largest absolute Gasteiger partial charge is 0.481 e. The number of benzene rings is 1. The van der Waals surface area contributed by atoms with Crippen LogP contribution in [0.1, 0.15) is 25.5 Å². The second-order valence-electron chi connectivity index (χ2n) is 3.73. The summed E-state index contributed by atoms with van der Waals surface area (Å²) in [6, 6.07) is 3.81. The Balaban J connectivity index is 2.94. The third-order valence-corrected chi connectivity index (χ3v) is 2.34. The van der Waals surface area contributed by atoms with Crippen LogP contribution in [0.25, 0.3) is 0 Å². The molecule has 5 heteroatoms. The minimum atomic E-state index is -0.863. The van der Waals surface area contributed by atoms with Crippen molar-refractivity contribution in [3.8, 4) is 5.75 Å². The van der Waals surface area contributed by atoms with Gasteiger partial charge in [0.25, 0.3) is 5.91 Å². The summed E-state index contributed by atoms with van der Waals surface area (Å²) in [5.41, 5.74) is 0.320. The third kappa shape index (κ3) is 3.42. The molecule has 1 rings (SSSR count). The van der Waals surface area contributed by atoms with Gasteiger partial charge in [0.1, 0.15) is 11.6 Å². The molecule has 0 aromatic heterocycles. The summed E-state index contributed by atoms with van der Waals surface area (Å²) in [7, 11) is 1.50. The van der Waals surface area contributed by atoms with E-state index in [0.717, 1.165) is 0 Å². The second kappa shape index (κ2) is 5.63. The molecule has 2 N–H and O–H groups in total. The van der Waals surface area contributed by atoms with Gasteiger partial charge >= 0.3 is 0 Å². The van der Waals surface area contributed by atoms with Crippen LogP contribution in [-0.2, 0) is 4.79 Å². The average molecular weight is 241 g/mol. The minimum absolute atomic E-state index is 0.286. The molecule has 1 amide bonds. The van der Waals surface area contributed by atoms with Crippen LogP contribution in [0.3, 0.4) is 0 Å². The Labute approximate surface area is 99.4 Å². The van der Waals surface area contributed by atoms with Gasteiger partial charge in [-0.15, -0.1) is 0 Å². The fraction of sp³-hybridized carbons (Fsp3) is 0.417. The van der Waals surface area contributed by atoms with Gasteiger partial charge in [0.15, 0.2) is 6.10 Å². The van der Waals surface area contributed by atoms with E-state index < -0.39 is 18.0 Å². The Morgan fingerprint density at radius 1 is 1.47 bits per heavy atom. The van der Waals surface area contributed by atoms with Gasteiger partial charge in [0.2, 0.25) is 0 Å². The Morgan fingerprint density at radius 2 is 2.12 bits per heavy atom. The molecule has 94 valence electrons. The third-order valence-electron chi connectivity index (χ3n) is 2.34. The Hall–Kier alpha value is -1.62. The van der Waals surface area contributed by atoms with Crippen molar-refractivity contribution >= 4 is 5.91 Å². The van der Waals surface area contributed by atoms with Gasteiger partial charge < -0.3 is 15.2 Å². The lowest BCUT2D eigenvalue weighted by Gasteiger charge is -2.17. The molecule has 0 aliphatic rings. The lowest BCUT2D eigenvalue weighted by molar-refractivity contribution is -0.126. The molecule has 0 radical (unpaired) electrons. The fourth-order valence-electron chi connectivity index (χ4n) is 1.40. The number of nitrogens with one attached hydrogen (secondary N) is 1. The number of halogens is 1. The summed E-state index contributed by atoms with van der Waals surface area (Å²) < 4.78 is 18.4. The first kappa shape index (κ1) is 13.4.